The van der Waals surface area contributed by atoms with Crippen molar-refractivity contribution in [2.75, 3.05) is 19.6 Å². The van der Waals surface area contributed by atoms with Crippen LogP contribution < -0.4 is 5.32 Å². The summed E-state index contributed by atoms with van der Waals surface area (Å²) in [4.78, 5) is 28.2. The molecule has 98 valence electrons. The van der Waals surface area contributed by atoms with Crippen molar-refractivity contribution in [3.8, 4) is 0 Å². The number of carbonyl (C=O) groups is 2. The molecule has 1 aromatic rings. The van der Waals surface area contributed by atoms with Gasteiger partial charge in [0.2, 0.25) is 11.9 Å². The van der Waals surface area contributed by atoms with Crippen molar-refractivity contribution < 1.29 is 14.0 Å². The summed E-state index contributed by atoms with van der Waals surface area (Å²) >= 11 is 0. The summed E-state index contributed by atoms with van der Waals surface area (Å²) in [5, 5.41) is 2.61. The number of aromatic nitrogens is 1. The van der Waals surface area contributed by atoms with Crippen molar-refractivity contribution >= 4 is 11.8 Å². The highest BCUT2D eigenvalue weighted by Gasteiger charge is 2.17. The van der Waals surface area contributed by atoms with E-state index in [9.17, 15) is 14.0 Å². The Labute approximate surface area is 105 Å². The molecule has 18 heavy (non-hydrogen) atoms. The molecule has 0 aromatic carbocycles. The number of halogens is 1. The molecule has 0 radical (unpaired) electrons. The van der Waals surface area contributed by atoms with Gasteiger partial charge in [-0.1, -0.05) is 0 Å². The first-order chi connectivity index (χ1) is 8.58. The van der Waals surface area contributed by atoms with Gasteiger partial charge in [-0.25, -0.2) is 4.98 Å². The van der Waals surface area contributed by atoms with E-state index in [1.54, 1.807) is 13.8 Å². The zero-order chi connectivity index (χ0) is 13.5. The van der Waals surface area contributed by atoms with E-state index in [1.807, 2.05) is 0 Å². The second kappa shape index (κ2) is 6.68. The molecule has 0 saturated carbocycles. The summed E-state index contributed by atoms with van der Waals surface area (Å²) in [6.07, 6.45) is 1.22. The van der Waals surface area contributed by atoms with Gasteiger partial charge < -0.3 is 10.2 Å². The van der Waals surface area contributed by atoms with Gasteiger partial charge in [-0.3, -0.25) is 9.59 Å². The minimum atomic E-state index is -0.713. The van der Waals surface area contributed by atoms with Gasteiger partial charge in [-0.05, 0) is 19.9 Å². The van der Waals surface area contributed by atoms with Crippen LogP contribution >= 0.6 is 0 Å². The van der Waals surface area contributed by atoms with Crippen molar-refractivity contribution in [1.82, 2.24) is 15.2 Å². The van der Waals surface area contributed by atoms with Crippen LogP contribution in [0.3, 0.4) is 0 Å². The maximum absolute atomic E-state index is 12.9. The molecule has 0 saturated heterocycles. The Morgan fingerprint density at radius 3 is 2.72 bits per heavy atom. The van der Waals surface area contributed by atoms with E-state index in [0.29, 0.717) is 13.1 Å². The largest absolute Gasteiger partial charge is 0.355 e. The Balaban J connectivity index is 2.76. The fourth-order valence-electron chi connectivity index (χ4n) is 1.47. The van der Waals surface area contributed by atoms with E-state index in [4.69, 9.17) is 0 Å². The van der Waals surface area contributed by atoms with Crippen molar-refractivity contribution in [2.45, 2.75) is 13.8 Å². The highest BCUT2D eigenvalue weighted by atomic mass is 19.1. The number of rotatable bonds is 5. The number of carbonyl (C=O) groups excluding carboxylic acids is 2. The predicted molar refractivity (Wildman–Crippen MR) is 64.5 cm³/mol. The molecule has 6 heteroatoms. The lowest BCUT2D eigenvalue weighted by atomic mass is 10.2. The molecule has 1 aromatic heterocycles. The molecular weight excluding hydrogens is 237 g/mol. The highest BCUT2D eigenvalue weighted by Crippen LogP contribution is 2.05. The van der Waals surface area contributed by atoms with Crippen molar-refractivity contribution in [3.63, 3.8) is 0 Å². The van der Waals surface area contributed by atoms with Crippen LogP contribution in [-0.4, -0.2) is 41.3 Å². The van der Waals surface area contributed by atoms with Gasteiger partial charge in [-0.15, -0.1) is 0 Å². The van der Waals surface area contributed by atoms with E-state index >= 15 is 0 Å². The van der Waals surface area contributed by atoms with Crippen LogP contribution in [0.5, 0.6) is 0 Å². The van der Waals surface area contributed by atoms with E-state index < -0.39 is 5.95 Å². The molecule has 1 rings (SSSR count). The second-order valence-corrected chi connectivity index (χ2v) is 3.64. The molecule has 2 amide bonds. The predicted octanol–water partition coefficient (Wildman–Crippen LogP) is 0.819. The molecule has 0 atom stereocenters. The molecule has 0 aliphatic rings. The Morgan fingerprint density at radius 2 is 2.17 bits per heavy atom. The Morgan fingerprint density at radius 1 is 1.44 bits per heavy atom. The van der Waals surface area contributed by atoms with Crippen LogP contribution in [0.15, 0.2) is 18.3 Å². The molecular formula is C12H16FN3O2. The minimum absolute atomic E-state index is 0.0346. The molecule has 5 nitrogen and oxygen atoms in total. The second-order valence-electron chi connectivity index (χ2n) is 3.64. The number of pyridine rings is 1. The Kier molecular flexibility index (Phi) is 5.23. The quantitative estimate of drug-likeness (QED) is 0.790. The van der Waals surface area contributed by atoms with Crippen molar-refractivity contribution in [2.24, 2.45) is 0 Å². The monoisotopic (exact) mass is 253 g/mol. The molecule has 0 aliphatic heterocycles. The summed E-state index contributed by atoms with van der Waals surface area (Å²) < 4.78 is 12.9. The van der Waals surface area contributed by atoms with Crippen LogP contribution in [0.25, 0.3) is 0 Å². The average Bonchev–Trinajstić information content (AvgIpc) is 2.35. The van der Waals surface area contributed by atoms with E-state index in [1.165, 1.54) is 17.2 Å². The molecule has 1 N–H and O–H groups in total. The molecule has 0 bridgehead atoms. The Hall–Kier alpha value is -1.98. The first kappa shape index (κ1) is 14.1. The zero-order valence-corrected chi connectivity index (χ0v) is 10.4. The number of likely N-dealkylation sites (N-methyl/N-ethyl adjacent to an activating group) is 2. The lowest BCUT2D eigenvalue weighted by molar-refractivity contribution is -0.121. The van der Waals surface area contributed by atoms with Gasteiger partial charge in [0.05, 0.1) is 6.54 Å². The number of nitrogens with zero attached hydrogens (tertiary/aromatic N) is 2. The normalized spacial score (nSPS) is 9.94. The van der Waals surface area contributed by atoms with Gasteiger partial charge in [0, 0.05) is 30.9 Å². The zero-order valence-electron chi connectivity index (χ0n) is 10.4. The summed E-state index contributed by atoms with van der Waals surface area (Å²) in [5.41, 5.74) is 0.189. The van der Waals surface area contributed by atoms with Crippen LogP contribution in [0, 0.1) is 5.95 Å². The Bertz CT molecular complexity index is 437. The molecule has 0 fully saturated rings. The first-order valence-corrected chi connectivity index (χ1v) is 5.76. The molecule has 0 spiro atoms. The molecule has 0 aliphatic carbocycles. The van der Waals surface area contributed by atoms with Gasteiger partial charge in [0.1, 0.15) is 0 Å². The van der Waals surface area contributed by atoms with Crippen molar-refractivity contribution in [1.29, 1.82) is 0 Å². The molecule has 1 heterocycles. The third kappa shape index (κ3) is 3.80. The number of hydrogen-bond acceptors (Lipinski definition) is 3. The van der Waals surface area contributed by atoms with Crippen molar-refractivity contribution in [3.05, 3.63) is 29.8 Å². The van der Waals surface area contributed by atoms with Gasteiger partial charge in [-0.2, -0.15) is 4.39 Å². The van der Waals surface area contributed by atoms with Gasteiger partial charge in [0.25, 0.3) is 5.91 Å². The maximum atomic E-state index is 12.9. The number of nitrogens with one attached hydrogen (secondary N) is 1. The third-order valence-electron chi connectivity index (χ3n) is 2.35. The average molecular weight is 253 g/mol. The summed E-state index contributed by atoms with van der Waals surface area (Å²) in [6.45, 7) is 4.41. The summed E-state index contributed by atoms with van der Waals surface area (Å²) in [6, 6.07) is 2.48. The SMILES string of the molecule is CCNC(=O)CN(CC)C(=O)c1ccnc(F)c1. The van der Waals surface area contributed by atoms with Crippen LogP contribution in [0.1, 0.15) is 24.2 Å². The van der Waals surface area contributed by atoms with Crippen LogP contribution in [-0.2, 0) is 4.79 Å². The summed E-state index contributed by atoms with van der Waals surface area (Å²) in [5.74, 6) is -1.33. The van der Waals surface area contributed by atoms with E-state index in [-0.39, 0.29) is 23.9 Å². The topological polar surface area (TPSA) is 62.3 Å². The highest BCUT2D eigenvalue weighted by molar-refractivity contribution is 5.96. The van der Waals surface area contributed by atoms with Gasteiger partial charge >= 0.3 is 0 Å². The lowest BCUT2D eigenvalue weighted by Gasteiger charge is -2.20. The first-order valence-electron chi connectivity index (χ1n) is 5.76. The minimum Gasteiger partial charge on any atom is -0.355 e. The summed E-state index contributed by atoms with van der Waals surface area (Å²) in [7, 11) is 0. The van der Waals surface area contributed by atoms with Crippen LogP contribution in [0.2, 0.25) is 0 Å². The maximum Gasteiger partial charge on any atom is 0.254 e. The fraction of sp³-hybridized carbons (Fsp3) is 0.417. The van der Waals surface area contributed by atoms with Gasteiger partial charge in [0.15, 0.2) is 0 Å². The fourth-order valence-corrected chi connectivity index (χ4v) is 1.47. The number of amides is 2. The van der Waals surface area contributed by atoms with E-state index in [0.717, 1.165) is 6.07 Å². The standard InChI is InChI=1S/C12H16FN3O2/c1-3-14-11(17)8-16(4-2)12(18)9-5-6-15-10(13)7-9/h5-7H,3-4,8H2,1-2H3,(H,14,17). The molecule has 0 unspecified atom stereocenters. The van der Waals surface area contributed by atoms with E-state index in [2.05, 4.69) is 10.3 Å². The smallest absolute Gasteiger partial charge is 0.254 e. The lowest BCUT2D eigenvalue weighted by Crippen LogP contribution is -2.40. The van der Waals surface area contributed by atoms with Crippen LogP contribution in [0.4, 0.5) is 4.39 Å². The third-order valence-corrected chi connectivity index (χ3v) is 2.35. The number of hydrogen-bond donors (Lipinski definition) is 1.